The number of hydrogen-bond donors (Lipinski definition) is 0. The lowest BCUT2D eigenvalue weighted by Crippen LogP contribution is -2.13. The van der Waals surface area contributed by atoms with E-state index in [-0.39, 0.29) is 34.8 Å². The lowest BCUT2D eigenvalue weighted by molar-refractivity contribution is 0.0430. The summed E-state index contributed by atoms with van der Waals surface area (Å²) >= 11 is 0. The lowest BCUT2D eigenvalue weighted by Gasteiger charge is -2.09. The van der Waals surface area contributed by atoms with Gasteiger partial charge in [0.25, 0.3) is 0 Å². The van der Waals surface area contributed by atoms with E-state index in [9.17, 15) is 14.4 Å². The van der Waals surface area contributed by atoms with E-state index in [0.29, 0.717) is 5.56 Å². The molecule has 0 spiro atoms. The van der Waals surface area contributed by atoms with Crippen LogP contribution in [0.15, 0.2) is 65.3 Å². The molecule has 0 aliphatic heterocycles. The summed E-state index contributed by atoms with van der Waals surface area (Å²) < 4.78 is 15.1. The van der Waals surface area contributed by atoms with Crippen LogP contribution in [0.3, 0.4) is 0 Å². The first-order chi connectivity index (χ1) is 13.5. The zero-order valence-electron chi connectivity index (χ0n) is 15.4. The van der Waals surface area contributed by atoms with Crippen LogP contribution in [0.1, 0.15) is 48.0 Å². The third kappa shape index (κ3) is 4.01. The van der Waals surface area contributed by atoms with Crippen molar-refractivity contribution in [2.75, 3.05) is 7.11 Å². The van der Waals surface area contributed by atoms with Crippen molar-refractivity contribution in [3.05, 3.63) is 94.4 Å². The van der Waals surface area contributed by atoms with Crippen molar-refractivity contribution in [1.29, 1.82) is 0 Å². The molecular formula is C22H18O6. The number of ketones is 1. The molecule has 0 amide bonds. The standard InChI is InChI=1S/C22H18O6/c1-14-7-9-15(10-8-14)20(23)16-5-3-4-6-17(16)22(25)28-13-19-18(11-12-27-19)21(24)26-2/h3-12H,13H2,1-2H3. The van der Waals surface area contributed by atoms with Gasteiger partial charge in [0.1, 0.15) is 5.56 Å². The Labute approximate surface area is 161 Å². The molecule has 142 valence electrons. The van der Waals surface area contributed by atoms with Crippen LogP contribution in [0.4, 0.5) is 0 Å². The number of esters is 2. The third-order valence-electron chi connectivity index (χ3n) is 4.19. The number of aryl methyl sites for hydroxylation is 1. The highest BCUT2D eigenvalue weighted by Crippen LogP contribution is 2.18. The van der Waals surface area contributed by atoms with Gasteiger partial charge in [-0.25, -0.2) is 9.59 Å². The molecular weight excluding hydrogens is 360 g/mol. The SMILES string of the molecule is COC(=O)c1ccoc1COC(=O)c1ccccc1C(=O)c1ccc(C)cc1. The molecule has 0 N–H and O–H groups in total. The molecule has 0 unspecified atom stereocenters. The molecule has 0 radical (unpaired) electrons. The topological polar surface area (TPSA) is 82.8 Å². The van der Waals surface area contributed by atoms with Crippen molar-refractivity contribution >= 4 is 17.7 Å². The van der Waals surface area contributed by atoms with Crippen LogP contribution in [0.25, 0.3) is 0 Å². The maximum atomic E-state index is 12.8. The van der Waals surface area contributed by atoms with E-state index in [1.807, 2.05) is 19.1 Å². The summed E-state index contributed by atoms with van der Waals surface area (Å²) in [6.45, 7) is 1.67. The van der Waals surface area contributed by atoms with Crippen LogP contribution >= 0.6 is 0 Å². The molecule has 1 heterocycles. The molecule has 0 saturated heterocycles. The Hall–Kier alpha value is -3.67. The average molecular weight is 378 g/mol. The van der Waals surface area contributed by atoms with Crippen LogP contribution in [-0.2, 0) is 16.1 Å². The quantitative estimate of drug-likeness (QED) is 0.477. The van der Waals surface area contributed by atoms with Gasteiger partial charge in [-0.1, -0.05) is 48.0 Å². The minimum absolute atomic E-state index is 0.138. The van der Waals surface area contributed by atoms with Crippen molar-refractivity contribution in [2.24, 2.45) is 0 Å². The molecule has 3 aromatic rings. The first-order valence-corrected chi connectivity index (χ1v) is 8.53. The molecule has 0 aliphatic carbocycles. The average Bonchev–Trinajstić information content (AvgIpc) is 3.20. The van der Waals surface area contributed by atoms with Gasteiger partial charge in [0.05, 0.1) is 18.9 Å². The summed E-state index contributed by atoms with van der Waals surface area (Å²) in [5, 5.41) is 0. The van der Waals surface area contributed by atoms with Crippen molar-refractivity contribution in [1.82, 2.24) is 0 Å². The molecule has 0 fully saturated rings. The highest BCUT2D eigenvalue weighted by molar-refractivity contribution is 6.14. The number of carbonyl (C=O) groups excluding carboxylic acids is 3. The molecule has 2 aromatic carbocycles. The van der Waals surface area contributed by atoms with Crippen molar-refractivity contribution in [2.45, 2.75) is 13.5 Å². The number of carbonyl (C=O) groups is 3. The summed E-state index contributed by atoms with van der Waals surface area (Å²) in [5.74, 6) is -1.39. The molecule has 6 heteroatoms. The fraction of sp³-hybridized carbons (Fsp3) is 0.136. The third-order valence-corrected chi connectivity index (χ3v) is 4.19. The second kappa shape index (κ2) is 8.35. The highest BCUT2D eigenvalue weighted by Gasteiger charge is 2.21. The predicted octanol–water partition coefficient (Wildman–Crippen LogP) is 3.96. The van der Waals surface area contributed by atoms with Gasteiger partial charge in [-0.3, -0.25) is 4.79 Å². The Morgan fingerprint density at radius 3 is 2.21 bits per heavy atom. The van der Waals surface area contributed by atoms with Gasteiger partial charge >= 0.3 is 11.9 Å². The fourth-order valence-electron chi connectivity index (χ4n) is 2.67. The summed E-state index contributed by atoms with van der Waals surface area (Å²) in [5.41, 5.74) is 2.07. The van der Waals surface area contributed by atoms with Gasteiger partial charge < -0.3 is 13.9 Å². The minimum Gasteiger partial charge on any atom is -0.465 e. The molecule has 0 bridgehead atoms. The van der Waals surface area contributed by atoms with Crippen LogP contribution in [-0.4, -0.2) is 24.8 Å². The number of furan rings is 1. The van der Waals surface area contributed by atoms with E-state index in [2.05, 4.69) is 4.74 Å². The fourth-order valence-corrected chi connectivity index (χ4v) is 2.67. The van der Waals surface area contributed by atoms with Gasteiger partial charge in [0.2, 0.25) is 0 Å². The maximum Gasteiger partial charge on any atom is 0.341 e. The van der Waals surface area contributed by atoms with Gasteiger partial charge in [-0.2, -0.15) is 0 Å². The van der Waals surface area contributed by atoms with Gasteiger partial charge in [0, 0.05) is 11.1 Å². The molecule has 0 atom stereocenters. The monoisotopic (exact) mass is 378 g/mol. The predicted molar refractivity (Wildman–Crippen MR) is 100 cm³/mol. The smallest absolute Gasteiger partial charge is 0.341 e. The number of benzene rings is 2. The maximum absolute atomic E-state index is 12.8. The molecule has 0 aliphatic rings. The van der Waals surface area contributed by atoms with Crippen LogP contribution in [0.5, 0.6) is 0 Å². The number of methoxy groups -OCH3 is 1. The Balaban J connectivity index is 1.80. The van der Waals surface area contributed by atoms with Crippen LogP contribution < -0.4 is 0 Å². The molecule has 3 rings (SSSR count). The minimum atomic E-state index is -0.691. The summed E-state index contributed by atoms with van der Waals surface area (Å²) in [7, 11) is 1.25. The van der Waals surface area contributed by atoms with Gasteiger partial charge in [-0.05, 0) is 19.1 Å². The van der Waals surface area contributed by atoms with E-state index in [0.717, 1.165) is 5.56 Å². The Kier molecular flexibility index (Phi) is 5.69. The number of hydrogen-bond acceptors (Lipinski definition) is 6. The normalized spacial score (nSPS) is 10.4. The Morgan fingerprint density at radius 1 is 0.857 bits per heavy atom. The molecule has 28 heavy (non-hydrogen) atoms. The molecule has 0 saturated carbocycles. The van der Waals surface area contributed by atoms with E-state index in [4.69, 9.17) is 9.15 Å². The first-order valence-electron chi connectivity index (χ1n) is 8.53. The highest BCUT2D eigenvalue weighted by atomic mass is 16.5. The zero-order chi connectivity index (χ0) is 20.1. The van der Waals surface area contributed by atoms with Crippen LogP contribution in [0.2, 0.25) is 0 Å². The van der Waals surface area contributed by atoms with E-state index in [1.54, 1.807) is 30.3 Å². The molecule has 1 aromatic heterocycles. The van der Waals surface area contributed by atoms with E-state index in [1.165, 1.54) is 25.5 Å². The van der Waals surface area contributed by atoms with Crippen LogP contribution in [0, 0.1) is 6.92 Å². The zero-order valence-corrected chi connectivity index (χ0v) is 15.4. The van der Waals surface area contributed by atoms with E-state index >= 15 is 0 Å². The Morgan fingerprint density at radius 2 is 1.54 bits per heavy atom. The summed E-state index contributed by atoms with van der Waals surface area (Å²) in [6.07, 6.45) is 1.31. The van der Waals surface area contributed by atoms with Gasteiger partial charge in [0.15, 0.2) is 18.2 Å². The second-order valence-electron chi connectivity index (χ2n) is 6.07. The van der Waals surface area contributed by atoms with Crippen molar-refractivity contribution < 1.29 is 28.3 Å². The summed E-state index contributed by atoms with van der Waals surface area (Å²) in [6, 6.07) is 15.0. The lowest BCUT2D eigenvalue weighted by atomic mass is 9.98. The Bertz CT molecular complexity index is 1010. The number of ether oxygens (including phenoxy) is 2. The molecule has 6 nitrogen and oxygen atoms in total. The van der Waals surface area contributed by atoms with Crippen molar-refractivity contribution in [3.8, 4) is 0 Å². The first kappa shape index (κ1) is 19.1. The van der Waals surface area contributed by atoms with E-state index < -0.39 is 11.9 Å². The number of rotatable bonds is 6. The second-order valence-corrected chi connectivity index (χ2v) is 6.07. The largest absolute Gasteiger partial charge is 0.465 e. The van der Waals surface area contributed by atoms with Crippen molar-refractivity contribution in [3.63, 3.8) is 0 Å². The van der Waals surface area contributed by atoms with Gasteiger partial charge in [-0.15, -0.1) is 0 Å². The summed E-state index contributed by atoms with van der Waals surface area (Å²) in [4.78, 5) is 37.0.